The van der Waals surface area contributed by atoms with Crippen LogP contribution in [0.3, 0.4) is 0 Å². The molecule has 0 aliphatic heterocycles. The third-order valence-electron chi connectivity index (χ3n) is 3.59. The zero-order valence-electron chi connectivity index (χ0n) is 14.4. The molecule has 1 unspecified atom stereocenters. The monoisotopic (exact) mass is 335 g/mol. The Labute approximate surface area is 144 Å². The van der Waals surface area contributed by atoms with Crippen LogP contribution in [0.2, 0.25) is 0 Å². The molecule has 2 amide bonds. The Morgan fingerprint density at radius 3 is 2.50 bits per heavy atom. The summed E-state index contributed by atoms with van der Waals surface area (Å²) in [6.45, 7) is 3.52. The lowest BCUT2D eigenvalue weighted by atomic mass is 10.1. The molecule has 1 atom stereocenters. The first kappa shape index (κ1) is 20.0. The molecule has 1 aromatic carbocycles. The molecular weight excluding hydrogens is 306 g/mol. The van der Waals surface area contributed by atoms with Crippen molar-refractivity contribution in [3.8, 4) is 0 Å². The maximum atomic E-state index is 11.7. The van der Waals surface area contributed by atoms with E-state index in [-0.39, 0.29) is 12.5 Å². The summed E-state index contributed by atoms with van der Waals surface area (Å²) in [5, 5.41) is 5.52. The molecule has 0 bridgehead atoms. The molecule has 134 valence electrons. The molecule has 0 aliphatic carbocycles. The normalized spacial score (nSPS) is 11.6. The van der Waals surface area contributed by atoms with E-state index in [9.17, 15) is 9.59 Å². The maximum Gasteiger partial charge on any atom is 0.407 e. The van der Waals surface area contributed by atoms with Crippen LogP contribution in [-0.4, -0.2) is 31.1 Å². The fourth-order valence-electron chi connectivity index (χ4n) is 2.10. The number of hydrogen-bond acceptors (Lipinski definition) is 4. The van der Waals surface area contributed by atoms with E-state index in [0.717, 1.165) is 31.2 Å². The van der Waals surface area contributed by atoms with Crippen molar-refractivity contribution < 1.29 is 14.3 Å². The van der Waals surface area contributed by atoms with E-state index in [1.54, 1.807) is 0 Å². The summed E-state index contributed by atoms with van der Waals surface area (Å²) in [5.41, 5.74) is 6.78. The molecule has 0 aliphatic rings. The highest BCUT2D eigenvalue weighted by Crippen LogP contribution is 2.01. The van der Waals surface area contributed by atoms with Gasteiger partial charge in [-0.05, 0) is 31.2 Å². The highest BCUT2D eigenvalue weighted by Gasteiger charge is 2.12. The Balaban J connectivity index is 2.02. The molecule has 0 saturated heterocycles. The minimum Gasteiger partial charge on any atom is -0.445 e. The van der Waals surface area contributed by atoms with Gasteiger partial charge in [0.25, 0.3) is 0 Å². The summed E-state index contributed by atoms with van der Waals surface area (Å²) in [6.07, 6.45) is 3.73. The minimum absolute atomic E-state index is 0.0984. The minimum atomic E-state index is -0.480. The van der Waals surface area contributed by atoms with Crippen LogP contribution < -0.4 is 16.4 Å². The smallest absolute Gasteiger partial charge is 0.407 e. The Hall–Kier alpha value is -2.08. The van der Waals surface area contributed by atoms with Crippen LogP contribution in [0.25, 0.3) is 0 Å². The molecular formula is C18H29N3O3. The molecule has 0 radical (unpaired) electrons. The van der Waals surface area contributed by atoms with E-state index in [1.165, 1.54) is 0 Å². The molecule has 6 nitrogen and oxygen atoms in total. The quantitative estimate of drug-likeness (QED) is 0.541. The average Bonchev–Trinajstić information content (AvgIpc) is 2.60. The highest BCUT2D eigenvalue weighted by molar-refractivity contribution is 5.81. The number of nitrogens with one attached hydrogen (secondary N) is 2. The second-order valence-corrected chi connectivity index (χ2v) is 5.74. The van der Waals surface area contributed by atoms with Crippen LogP contribution in [0.4, 0.5) is 4.79 Å². The van der Waals surface area contributed by atoms with Gasteiger partial charge >= 0.3 is 6.09 Å². The summed E-state index contributed by atoms with van der Waals surface area (Å²) in [5.74, 6) is -0.0984. The average molecular weight is 335 g/mol. The number of hydrogen-bond donors (Lipinski definition) is 3. The number of benzene rings is 1. The largest absolute Gasteiger partial charge is 0.445 e. The van der Waals surface area contributed by atoms with Gasteiger partial charge in [0.15, 0.2) is 0 Å². The Kier molecular flexibility index (Phi) is 10.3. The maximum absolute atomic E-state index is 11.7. The van der Waals surface area contributed by atoms with Crippen LogP contribution in [0.5, 0.6) is 0 Å². The van der Waals surface area contributed by atoms with Gasteiger partial charge < -0.3 is 21.1 Å². The summed E-state index contributed by atoms with van der Waals surface area (Å²) in [4.78, 5) is 23.2. The van der Waals surface area contributed by atoms with Gasteiger partial charge in [0, 0.05) is 13.1 Å². The van der Waals surface area contributed by atoms with Crippen molar-refractivity contribution in [1.82, 2.24) is 10.6 Å². The van der Waals surface area contributed by atoms with Gasteiger partial charge in [-0.1, -0.05) is 43.7 Å². The van der Waals surface area contributed by atoms with Crippen molar-refractivity contribution in [2.24, 2.45) is 5.73 Å². The van der Waals surface area contributed by atoms with E-state index in [0.29, 0.717) is 19.5 Å². The third-order valence-corrected chi connectivity index (χ3v) is 3.59. The third kappa shape index (κ3) is 9.15. The van der Waals surface area contributed by atoms with Crippen molar-refractivity contribution in [1.29, 1.82) is 0 Å². The second kappa shape index (κ2) is 12.4. The molecule has 4 N–H and O–H groups in total. The lowest BCUT2D eigenvalue weighted by Crippen LogP contribution is -2.41. The first-order chi connectivity index (χ1) is 11.6. The van der Waals surface area contributed by atoms with Crippen LogP contribution in [-0.2, 0) is 16.1 Å². The van der Waals surface area contributed by atoms with Gasteiger partial charge in [0.1, 0.15) is 6.61 Å². The van der Waals surface area contributed by atoms with E-state index >= 15 is 0 Å². The number of ether oxygens (including phenoxy) is 1. The topological polar surface area (TPSA) is 93.5 Å². The zero-order chi connectivity index (χ0) is 17.6. The summed E-state index contributed by atoms with van der Waals surface area (Å²) in [6, 6.07) is 9.04. The lowest BCUT2D eigenvalue weighted by Gasteiger charge is -2.12. The van der Waals surface area contributed by atoms with Crippen molar-refractivity contribution in [3.05, 3.63) is 35.9 Å². The van der Waals surface area contributed by atoms with Crippen LogP contribution >= 0.6 is 0 Å². The number of unbranched alkanes of at least 4 members (excludes halogenated alkanes) is 2. The van der Waals surface area contributed by atoms with Gasteiger partial charge in [0.2, 0.25) is 5.91 Å². The highest BCUT2D eigenvalue weighted by atomic mass is 16.5. The van der Waals surface area contributed by atoms with E-state index < -0.39 is 12.1 Å². The second-order valence-electron chi connectivity index (χ2n) is 5.74. The molecule has 1 aromatic rings. The molecule has 1 rings (SSSR count). The Morgan fingerprint density at radius 1 is 1.08 bits per heavy atom. The molecule has 24 heavy (non-hydrogen) atoms. The van der Waals surface area contributed by atoms with E-state index in [4.69, 9.17) is 10.5 Å². The fraction of sp³-hybridized carbons (Fsp3) is 0.556. The fourth-order valence-corrected chi connectivity index (χ4v) is 2.10. The number of nitrogens with two attached hydrogens (primary N) is 1. The van der Waals surface area contributed by atoms with Gasteiger partial charge in [-0.15, -0.1) is 0 Å². The van der Waals surface area contributed by atoms with E-state index in [2.05, 4.69) is 17.6 Å². The Bertz CT molecular complexity index is 480. The number of amides is 2. The van der Waals surface area contributed by atoms with Crippen molar-refractivity contribution in [3.63, 3.8) is 0 Å². The summed E-state index contributed by atoms with van der Waals surface area (Å²) in [7, 11) is 0. The summed E-state index contributed by atoms with van der Waals surface area (Å²) >= 11 is 0. The molecule has 0 aromatic heterocycles. The number of carbonyl (C=O) groups is 2. The van der Waals surface area contributed by atoms with Gasteiger partial charge in [-0.3, -0.25) is 4.79 Å². The first-order valence-corrected chi connectivity index (χ1v) is 8.61. The van der Waals surface area contributed by atoms with Gasteiger partial charge in [-0.2, -0.15) is 0 Å². The van der Waals surface area contributed by atoms with Crippen LogP contribution in [0, 0.1) is 0 Å². The molecule has 0 heterocycles. The SMILES string of the molecule is CCCCNC(=O)C(N)CCCCNC(=O)OCc1ccccc1. The van der Waals surface area contributed by atoms with Gasteiger partial charge in [-0.25, -0.2) is 4.79 Å². The van der Waals surface area contributed by atoms with Crippen LogP contribution in [0.1, 0.15) is 44.6 Å². The van der Waals surface area contributed by atoms with Gasteiger partial charge in [0.05, 0.1) is 6.04 Å². The molecule has 0 spiro atoms. The van der Waals surface area contributed by atoms with Crippen molar-refractivity contribution >= 4 is 12.0 Å². The predicted molar refractivity (Wildman–Crippen MR) is 94.4 cm³/mol. The zero-order valence-corrected chi connectivity index (χ0v) is 14.4. The number of rotatable bonds is 11. The lowest BCUT2D eigenvalue weighted by molar-refractivity contribution is -0.122. The summed E-state index contributed by atoms with van der Waals surface area (Å²) < 4.78 is 5.11. The molecule has 0 saturated carbocycles. The Morgan fingerprint density at radius 2 is 1.79 bits per heavy atom. The molecule has 0 fully saturated rings. The van der Waals surface area contributed by atoms with Crippen molar-refractivity contribution in [2.75, 3.05) is 13.1 Å². The van der Waals surface area contributed by atoms with Crippen molar-refractivity contribution in [2.45, 2.75) is 51.7 Å². The standard InChI is InChI=1S/C18H29N3O3/c1-2-3-12-20-17(22)16(19)11-7-8-13-21-18(23)24-14-15-9-5-4-6-10-15/h4-6,9-10,16H,2-3,7-8,11-14,19H2,1H3,(H,20,22)(H,21,23). The first-order valence-electron chi connectivity index (χ1n) is 8.61. The number of carbonyl (C=O) groups excluding carboxylic acids is 2. The molecule has 6 heteroatoms. The number of alkyl carbamates (subject to hydrolysis) is 1. The van der Waals surface area contributed by atoms with Crippen LogP contribution in [0.15, 0.2) is 30.3 Å². The van der Waals surface area contributed by atoms with E-state index in [1.807, 2.05) is 30.3 Å². The predicted octanol–water partition coefficient (Wildman–Crippen LogP) is 2.33.